The Labute approximate surface area is 147 Å². The molecule has 128 valence electrons. The maximum absolute atomic E-state index is 12.6. The molecule has 24 heavy (non-hydrogen) atoms. The molecule has 0 saturated carbocycles. The molecule has 1 saturated heterocycles. The van der Waals surface area contributed by atoms with Crippen molar-refractivity contribution < 1.29 is 9.53 Å². The van der Waals surface area contributed by atoms with Crippen LogP contribution < -0.4 is 10.1 Å². The van der Waals surface area contributed by atoms with Gasteiger partial charge in [0.2, 0.25) is 0 Å². The molecule has 2 aromatic rings. The van der Waals surface area contributed by atoms with Crippen LogP contribution in [0.2, 0.25) is 0 Å². The van der Waals surface area contributed by atoms with E-state index in [1.165, 1.54) is 16.9 Å². The van der Waals surface area contributed by atoms with E-state index in [2.05, 4.69) is 37.4 Å². The molecule has 0 atom stereocenters. The van der Waals surface area contributed by atoms with Crippen molar-refractivity contribution in [2.75, 3.05) is 33.3 Å². The topological polar surface area (TPSA) is 41.6 Å². The van der Waals surface area contributed by atoms with Gasteiger partial charge in [0, 0.05) is 36.6 Å². The molecule has 1 aliphatic heterocycles. The molecule has 0 bridgehead atoms. The summed E-state index contributed by atoms with van der Waals surface area (Å²) in [5.74, 6) is 1.45. The maximum atomic E-state index is 12.6. The predicted molar refractivity (Wildman–Crippen MR) is 99.2 cm³/mol. The zero-order valence-electron chi connectivity index (χ0n) is 14.5. The highest BCUT2D eigenvalue weighted by Gasteiger charge is 2.20. The van der Waals surface area contributed by atoms with Crippen LogP contribution in [0.3, 0.4) is 0 Å². The summed E-state index contributed by atoms with van der Waals surface area (Å²) in [6.07, 6.45) is 0. The number of amides is 1. The smallest absolute Gasteiger partial charge is 0.264 e. The number of piperazine rings is 1. The number of ether oxygens (including phenoxy) is 1. The van der Waals surface area contributed by atoms with Crippen LogP contribution in [0, 0.1) is 0 Å². The molecule has 1 aliphatic rings. The Kier molecular flexibility index (Phi) is 5.21. The van der Waals surface area contributed by atoms with Gasteiger partial charge in [-0.05, 0) is 35.7 Å². The van der Waals surface area contributed by atoms with Crippen LogP contribution in [-0.2, 0) is 0 Å². The van der Waals surface area contributed by atoms with Crippen LogP contribution in [0.1, 0.15) is 35.0 Å². The third-order valence-corrected chi connectivity index (χ3v) is 5.49. The van der Waals surface area contributed by atoms with Crippen LogP contribution in [0.5, 0.6) is 5.75 Å². The van der Waals surface area contributed by atoms with Crippen molar-refractivity contribution in [1.82, 2.24) is 10.2 Å². The Hall–Kier alpha value is -1.85. The first-order chi connectivity index (χ1) is 11.6. The Morgan fingerprint density at radius 1 is 1.21 bits per heavy atom. The van der Waals surface area contributed by atoms with E-state index in [9.17, 15) is 4.79 Å². The largest absolute Gasteiger partial charge is 0.496 e. The van der Waals surface area contributed by atoms with E-state index >= 15 is 0 Å². The number of methoxy groups -OCH3 is 1. The second-order valence-corrected chi connectivity index (χ2v) is 7.40. The molecule has 2 heterocycles. The third kappa shape index (κ3) is 3.47. The first-order valence-corrected chi connectivity index (χ1v) is 9.20. The molecule has 4 nitrogen and oxygen atoms in total. The van der Waals surface area contributed by atoms with Gasteiger partial charge in [0.05, 0.1) is 12.0 Å². The Morgan fingerprint density at radius 3 is 2.62 bits per heavy atom. The zero-order chi connectivity index (χ0) is 17.1. The summed E-state index contributed by atoms with van der Waals surface area (Å²) in [5.41, 5.74) is 2.30. The molecule has 1 fully saturated rings. The van der Waals surface area contributed by atoms with Crippen LogP contribution >= 0.6 is 11.3 Å². The van der Waals surface area contributed by atoms with Gasteiger partial charge in [0.15, 0.2) is 0 Å². The third-order valence-electron chi connectivity index (χ3n) is 4.38. The summed E-state index contributed by atoms with van der Waals surface area (Å²) in [7, 11) is 1.70. The number of carbonyl (C=O) groups is 1. The molecular weight excluding hydrogens is 320 g/mol. The number of carbonyl (C=O) groups excluding carboxylic acids is 1. The van der Waals surface area contributed by atoms with Gasteiger partial charge in [-0.1, -0.05) is 19.9 Å². The average Bonchev–Trinajstić information content (AvgIpc) is 3.11. The predicted octanol–water partition coefficient (Wildman–Crippen LogP) is 3.59. The van der Waals surface area contributed by atoms with Crippen molar-refractivity contribution in [3.63, 3.8) is 0 Å². The van der Waals surface area contributed by atoms with E-state index in [1.54, 1.807) is 7.11 Å². The molecule has 1 N–H and O–H groups in total. The molecule has 5 heteroatoms. The summed E-state index contributed by atoms with van der Waals surface area (Å²) >= 11 is 1.54. The van der Waals surface area contributed by atoms with Gasteiger partial charge in [-0.25, -0.2) is 0 Å². The standard InChI is InChI=1S/C19H24N2O2S/c1-13(2)14-4-5-15(16(12-14)23-3)17-6-7-18(24-17)19(22)21-10-8-20-9-11-21/h4-7,12-13,20H,8-11H2,1-3H3. The van der Waals surface area contributed by atoms with Crippen LogP contribution in [0.25, 0.3) is 10.4 Å². The van der Waals surface area contributed by atoms with Crippen molar-refractivity contribution in [3.8, 4) is 16.2 Å². The van der Waals surface area contributed by atoms with Gasteiger partial charge in [0.1, 0.15) is 5.75 Å². The summed E-state index contributed by atoms with van der Waals surface area (Å²) in [6.45, 7) is 7.63. The number of nitrogens with one attached hydrogen (secondary N) is 1. The fraction of sp³-hybridized carbons (Fsp3) is 0.421. The Balaban J connectivity index is 1.86. The maximum Gasteiger partial charge on any atom is 0.264 e. The lowest BCUT2D eigenvalue weighted by Crippen LogP contribution is -2.46. The molecule has 1 amide bonds. The van der Waals surface area contributed by atoms with Gasteiger partial charge >= 0.3 is 0 Å². The highest BCUT2D eigenvalue weighted by Crippen LogP contribution is 2.37. The van der Waals surface area contributed by atoms with Crippen LogP contribution in [0.15, 0.2) is 30.3 Å². The number of nitrogens with zero attached hydrogens (tertiary/aromatic N) is 1. The number of hydrogen-bond donors (Lipinski definition) is 1. The van der Waals surface area contributed by atoms with E-state index < -0.39 is 0 Å². The van der Waals surface area contributed by atoms with Crippen molar-refractivity contribution >= 4 is 17.2 Å². The number of thiophene rings is 1. The summed E-state index contributed by atoms with van der Waals surface area (Å²) in [4.78, 5) is 16.4. The van der Waals surface area contributed by atoms with Gasteiger partial charge in [-0.2, -0.15) is 0 Å². The average molecular weight is 344 g/mol. The molecule has 1 aromatic heterocycles. The lowest BCUT2D eigenvalue weighted by molar-refractivity contribution is 0.0740. The lowest BCUT2D eigenvalue weighted by Gasteiger charge is -2.26. The summed E-state index contributed by atoms with van der Waals surface area (Å²) < 4.78 is 5.58. The van der Waals surface area contributed by atoms with Gasteiger partial charge in [-0.3, -0.25) is 4.79 Å². The number of hydrogen-bond acceptors (Lipinski definition) is 4. The second-order valence-electron chi connectivity index (χ2n) is 6.32. The molecule has 3 rings (SSSR count). The molecule has 0 aliphatic carbocycles. The Bertz CT molecular complexity index is 718. The quantitative estimate of drug-likeness (QED) is 0.921. The minimum Gasteiger partial charge on any atom is -0.496 e. The van der Waals surface area contributed by atoms with E-state index in [1.807, 2.05) is 17.0 Å². The fourth-order valence-corrected chi connectivity index (χ4v) is 3.90. The highest BCUT2D eigenvalue weighted by atomic mass is 32.1. The van der Waals surface area contributed by atoms with Gasteiger partial charge in [-0.15, -0.1) is 11.3 Å². The summed E-state index contributed by atoms with van der Waals surface area (Å²) in [6, 6.07) is 10.3. The molecule has 1 aromatic carbocycles. The second kappa shape index (κ2) is 7.36. The fourth-order valence-electron chi connectivity index (χ4n) is 2.89. The minimum atomic E-state index is 0.130. The first kappa shape index (κ1) is 17.0. The first-order valence-electron chi connectivity index (χ1n) is 8.38. The molecular formula is C19H24N2O2S. The Morgan fingerprint density at radius 2 is 1.96 bits per heavy atom. The van der Waals surface area contributed by atoms with Crippen LogP contribution in [0.4, 0.5) is 0 Å². The van der Waals surface area contributed by atoms with Crippen molar-refractivity contribution in [1.29, 1.82) is 0 Å². The van der Waals surface area contributed by atoms with E-state index in [0.717, 1.165) is 47.2 Å². The number of benzene rings is 1. The van der Waals surface area contributed by atoms with Gasteiger partial charge in [0.25, 0.3) is 5.91 Å². The number of rotatable bonds is 4. The monoisotopic (exact) mass is 344 g/mol. The zero-order valence-corrected chi connectivity index (χ0v) is 15.3. The van der Waals surface area contributed by atoms with Crippen LogP contribution in [-0.4, -0.2) is 44.1 Å². The molecule has 0 radical (unpaired) electrons. The summed E-state index contributed by atoms with van der Waals surface area (Å²) in [5, 5.41) is 3.27. The van der Waals surface area contributed by atoms with E-state index in [-0.39, 0.29) is 5.91 Å². The van der Waals surface area contributed by atoms with E-state index in [0.29, 0.717) is 5.92 Å². The minimum absolute atomic E-state index is 0.130. The molecule has 0 unspecified atom stereocenters. The van der Waals surface area contributed by atoms with E-state index in [4.69, 9.17) is 4.74 Å². The van der Waals surface area contributed by atoms with Crippen molar-refractivity contribution in [3.05, 3.63) is 40.8 Å². The SMILES string of the molecule is COc1cc(C(C)C)ccc1-c1ccc(C(=O)N2CCNCC2)s1. The van der Waals surface area contributed by atoms with Crippen molar-refractivity contribution in [2.45, 2.75) is 19.8 Å². The lowest BCUT2D eigenvalue weighted by atomic mass is 10.0. The normalized spacial score (nSPS) is 14.9. The highest BCUT2D eigenvalue weighted by molar-refractivity contribution is 7.17. The van der Waals surface area contributed by atoms with Gasteiger partial charge < -0.3 is 15.0 Å². The van der Waals surface area contributed by atoms with Crippen molar-refractivity contribution in [2.24, 2.45) is 0 Å². The molecule has 0 spiro atoms.